The minimum absolute atomic E-state index is 0.193. The summed E-state index contributed by atoms with van der Waals surface area (Å²) in [5.74, 6) is 0.417. The van der Waals surface area contributed by atoms with Crippen LogP contribution in [-0.4, -0.2) is 27.5 Å². The van der Waals surface area contributed by atoms with E-state index in [1.54, 1.807) is 16.9 Å². The van der Waals surface area contributed by atoms with Crippen molar-refractivity contribution in [1.29, 1.82) is 0 Å². The van der Waals surface area contributed by atoms with Crippen LogP contribution in [-0.2, 0) is 11.5 Å². The third-order valence-corrected chi connectivity index (χ3v) is 4.22. The average molecular weight is 398 g/mol. The highest BCUT2D eigenvalue weighted by molar-refractivity contribution is 6.63. The minimum Gasteiger partial charge on any atom is -0.471 e. The van der Waals surface area contributed by atoms with Crippen molar-refractivity contribution in [1.82, 2.24) is 15.1 Å². The number of carbonyl (C=O) groups excluding carboxylic acids is 2. The summed E-state index contributed by atoms with van der Waals surface area (Å²) in [6, 6.07) is 19.5. The number of benzene rings is 2. The van der Waals surface area contributed by atoms with Crippen molar-refractivity contribution in [2.24, 2.45) is 0 Å². The fourth-order valence-corrected chi connectivity index (χ4v) is 2.72. The molecule has 3 rings (SSSR count). The van der Waals surface area contributed by atoms with Gasteiger partial charge in [-0.25, -0.2) is 4.68 Å². The maximum absolute atomic E-state index is 12.0. The lowest BCUT2D eigenvalue weighted by Gasteiger charge is -2.07. The summed E-state index contributed by atoms with van der Waals surface area (Å²) in [4.78, 5) is 22.7. The second-order valence-electron chi connectivity index (χ2n) is 6.12. The average Bonchev–Trinajstić information content (AvgIpc) is 3.20. The number of nitrogens with one attached hydrogen (secondary N) is 1. The molecule has 0 aliphatic rings. The smallest absolute Gasteiger partial charge is 0.271 e. The predicted octanol–water partition coefficient (Wildman–Crippen LogP) is 3.86. The van der Waals surface area contributed by atoms with Crippen molar-refractivity contribution in [2.75, 3.05) is 6.54 Å². The Morgan fingerprint density at radius 1 is 1.00 bits per heavy atom. The van der Waals surface area contributed by atoms with Crippen LogP contribution >= 0.6 is 11.6 Å². The lowest BCUT2D eigenvalue weighted by Crippen LogP contribution is -2.25. The summed E-state index contributed by atoms with van der Waals surface area (Å²) in [5.41, 5.74) is 2.55. The molecule has 0 radical (unpaired) electrons. The second kappa shape index (κ2) is 9.71. The molecule has 1 N–H and O–H groups in total. The van der Waals surface area contributed by atoms with E-state index in [4.69, 9.17) is 16.3 Å². The molecule has 1 aromatic heterocycles. The van der Waals surface area contributed by atoms with Crippen LogP contribution < -0.4 is 10.1 Å². The van der Waals surface area contributed by atoms with E-state index in [0.717, 1.165) is 11.1 Å². The van der Waals surface area contributed by atoms with Crippen molar-refractivity contribution in [3.05, 3.63) is 72.6 Å². The summed E-state index contributed by atoms with van der Waals surface area (Å²) in [6.07, 6.45) is 2.40. The maximum atomic E-state index is 12.0. The molecular formula is C21H20ClN3O3. The molecule has 0 unspecified atom stereocenters. The SMILES string of the molecule is O=C(Cl)CCCNC(=O)c1ccn(COc2ccc(-c3ccccc3)cc2)n1. The number of halogens is 1. The molecule has 3 aromatic rings. The van der Waals surface area contributed by atoms with Crippen molar-refractivity contribution in [3.8, 4) is 16.9 Å². The highest BCUT2D eigenvalue weighted by Crippen LogP contribution is 2.22. The van der Waals surface area contributed by atoms with Gasteiger partial charge in [0.15, 0.2) is 6.73 Å². The minimum atomic E-state index is -0.410. The standard InChI is InChI=1S/C21H20ClN3O3/c22-20(26)7-4-13-23-21(27)19-12-14-25(24-19)15-28-18-10-8-17(9-11-18)16-5-2-1-3-6-16/h1-3,5-6,8-12,14H,4,7,13,15H2,(H,23,27). The number of hydrogen-bond acceptors (Lipinski definition) is 4. The van der Waals surface area contributed by atoms with Gasteiger partial charge in [-0.15, -0.1) is 0 Å². The first-order chi connectivity index (χ1) is 13.6. The fraction of sp³-hybridized carbons (Fsp3) is 0.190. The molecule has 0 bridgehead atoms. The summed E-state index contributed by atoms with van der Waals surface area (Å²) in [6.45, 7) is 0.563. The second-order valence-corrected chi connectivity index (χ2v) is 6.54. The lowest BCUT2D eigenvalue weighted by atomic mass is 10.1. The van der Waals surface area contributed by atoms with Crippen molar-refractivity contribution >= 4 is 22.8 Å². The van der Waals surface area contributed by atoms with Crippen LogP contribution in [0.2, 0.25) is 0 Å². The van der Waals surface area contributed by atoms with Gasteiger partial charge in [-0.3, -0.25) is 9.59 Å². The van der Waals surface area contributed by atoms with Gasteiger partial charge in [0.1, 0.15) is 11.4 Å². The van der Waals surface area contributed by atoms with Crippen LogP contribution in [0.3, 0.4) is 0 Å². The highest BCUT2D eigenvalue weighted by Gasteiger charge is 2.09. The van der Waals surface area contributed by atoms with Gasteiger partial charge in [-0.05, 0) is 47.3 Å². The van der Waals surface area contributed by atoms with Gasteiger partial charge in [0.05, 0.1) is 0 Å². The van der Waals surface area contributed by atoms with Gasteiger partial charge < -0.3 is 10.1 Å². The first-order valence-electron chi connectivity index (χ1n) is 8.90. The zero-order valence-electron chi connectivity index (χ0n) is 15.2. The molecular weight excluding hydrogens is 378 g/mol. The first kappa shape index (κ1) is 19.6. The zero-order chi connectivity index (χ0) is 19.8. The summed E-state index contributed by atoms with van der Waals surface area (Å²) in [5, 5.41) is 6.48. The molecule has 0 spiro atoms. The summed E-state index contributed by atoms with van der Waals surface area (Å²) < 4.78 is 7.26. The van der Waals surface area contributed by atoms with Crippen LogP contribution in [0, 0.1) is 0 Å². The van der Waals surface area contributed by atoms with Crippen LogP contribution in [0.15, 0.2) is 66.9 Å². The Hall–Kier alpha value is -3.12. The molecule has 28 heavy (non-hydrogen) atoms. The Morgan fingerprint density at radius 2 is 1.71 bits per heavy atom. The van der Waals surface area contributed by atoms with Crippen molar-refractivity contribution < 1.29 is 14.3 Å². The molecule has 0 fully saturated rings. The van der Waals surface area contributed by atoms with E-state index < -0.39 is 5.24 Å². The lowest BCUT2D eigenvalue weighted by molar-refractivity contribution is -0.111. The van der Waals surface area contributed by atoms with Gasteiger partial charge in [0.2, 0.25) is 5.24 Å². The van der Waals surface area contributed by atoms with Gasteiger partial charge in [0, 0.05) is 19.2 Å². The third-order valence-electron chi connectivity index (χ3n) is 4.03. The van der Waals surface area contributed by atoms with Crippen molar-refractivity contribution in [3.63, 3.8) is 0 Å². The molecule has 1 heterocycles. The van der Waals surface area contributed by atoms with E-state index in [9.17, 15) is 9.59 Å². The monoisotopic (exact) mass is 397 g/mol. The number of amides is 1. The van der Waals surface area contributed by atoms with Crippen molar-refractivity contribution in [2.45, 2.75) is 19.6 Å². The largest absolute Gasteiger partial charge is 0.471 e. The highest BCUT2D eigenvalue weighted by atomic mass is 35.5. The number of hydrogen-bond donors (Lipinski definition) is 1. The molecule has 0 saturated carbocycles. The molecule has 2 aromatic carbocycles. The zero-order valence-corrected chi connectivity index (χ0v) is 15.9. The predicted molar refractivity (Wildman–Crippen MR) is 107 cm³/mol. The number of carbonyl (C=O) groups is 2. The number of aromatic nitrogens is 2. The van der Waals surface area contributed by atoms with Crippen LogP contribution in [0.4, 0.5) is 0 Å². The molecule has 7 heteroatoms. The van der Waals surface area contributed by atoms with Crippen LogP contribution in [0.5, 0.6) is 5.75 Å². The Kier molecular flexibility index (Phi) is 6.81. The molecule has 0 atom stereocenters. The Balaban J connectivity index is 1.49. The number of rotatable bonds is 9. The van der Waals surface area contributed by atoms with Gasteiger partial charge in [0.25, 0.3) is 5.91 Å². The molecule has 0 saturated heterocycles. The van der Waals surface area contributed by atoms with Gasteiger partial charge in [-0.1, -0.05) is 42.5 Å². The van der Waals surface area contributed by atoms with Crippen LogP contribution in [0.1, 0.15) is 23.3 Å². The molecule has 0 aliphatic carbocycles. The number of ether oxygens (including phenoxy) is 1. The normalized spacial score (nSPS) is 10.5. The Bertz CT molecular complexity index is 924. The van der Waals surface area contributed by atoms with Gasteiger partial charge >= 0.3 is 0 Å². The first-order valence-corrected chi connectivity index (χ1v) is 9.28. The Morgan fingerprint density at radius 3 is 2.43 bits per heavy atom. The Labute approximate surface area is 168 Å². The van der Waals surface area contributed by atoms with E-state index in [1.807, 2.05) is 42.5 Å². The van der Waals surface area contributed by atoms with Gasteiger partial charge in [-0.2, -0.15) is 5.10 Å². The number of nitrogens with zero attached hydrogens (tertiary/aromatic N) is 2. The maximum Gasteiger partial charge on any atom is 0.271 e. The molecule has 144 valence electrons. The summed E-state index contributed by atoms with van der Waals surface area (Å²) in [7, 11) is 0. The summed E-state index contributed by atoms with van der Waals surface area (Å²) >= 11 is 5.26. The van der Waals surface area contributed by atoms with E-state index in [2.05, 4.69) is 22.5 Å². The van der Waals surface area contributed by atoms with E-state index in [0.29, 0.717) is 24.4 Å². The fourth-order valence-electron chi connectivity index (χ4n) is 2.59. The molecule has 1 amide bonds. The topological polar surface area (TPSA) is 73.2 Å². The molecule has 6 nitrogen and oxygen atoms in total. The van der Waals surface area contributed by atoms with E-state index in [1.165, 1.54) is 0 Å². The molecule has 0 aliphatic heterocycles. The van der Waals surface area contributed by atoms with E-state index >= 15 is 0 Å². The quantitative estimate of drug-likeness (QED) is 0.439. The van der Waals surface area contributed by atoms with E-state index in [-0.39, 0.29) is 19.1 Å². The van der Waals surface area contributed by atoms with Crippen LogP contribution in [0.25, 0.3) is 11.1 Å². The third kappa shape index (κ3) is 5.69.